The van der Waals surface area contributed by atoms with Gasteiger partial charge in [-0.05, 0) is 177 Å². The average Bonchev–Trinajstić information content (AvgIpc) is 1.57. The molecule has 0 saturated carbocycles. The number of phenols is 1. The maximum Gasteiger partial charge on any atom is 1.00 e. The molecule has 3 spiro atoms. The third kappa shape index (κ3) is 36.1. The molecule has 7 aliphatic heterocycles. The fourth-order valence-electron chi connectivity index (χ4n) is 21.2. The largest absolute Gasteiger partial charge is 1.00 e. The van der Waals surface area contributed by atoms with Gasteiger partial charge in [-0.1, -0.05) is 182 Å². The summed E-state index contributed by atoms with van der Waals surface area (Å²) < 4.78 is 21.3. The molecule has 3 aromatic carbocycles. The van der Waals surface area contributed by atoms with E-state index in [1.165, 1.54) is 12.1 Å². The summed E-state index contributed by atoms with van der Waals surface area (Å²) in [5.74, 6) is -1.34. The molecule has 36 heteroatoms. The Morgan fingerprint density at radius 3 is 0.972 bits per heavy atom. The van der Waals surface area contributed by atoms with Crippen molar-refractivity contribution < 1.29 is 150 Å². The maximum absolute atomic E-state index is 15.0. The van der Waals surface area contributed by atoms with Crippen LogP contribution >= 0.6 is 20.2 Å². The van der Waals surface area contributed by atoms with Gasteiger partial charge in [0.2, 0.25) is 53.2 Å². The first kappa shape index (κ1) is 128. The molecule has 3 aromatic rings. The molecule has 0 aromatic heterocycles. The van der Waals surface area contributed by atoms with Crippen LogP contribution in [0.5, 0.6) is 17.2 Å². The second-order valence-electron chi connectivity index (χ2n) is 41.0. The van der Waals surface area contributed by atoms with Crippen LogP contribution in [0.2, 0.25) is 0 Å². The summed E-state index contributed by atoms with van der Waals surface area (Å²) in [5.41, 5.74) is 0.140. The van der Waals surface area contributed by atoms with Gasteiger partial charge in [0.25, 0.3) is 0 Å². The summed E-state index contributed by atoms with van der Waals surface area (Å²) in [7, 11) is 2.74. The number of unbranched alkanes of at least 4 members (excludes halogenated alkanes) is 12. The number of Topliss-reactive ketones (excluding diaryl/α,β-unsaturated/α-hetero) is 3. The van der Waals surface area contributed by atoms with E-state index in [0.29, 0.717) is 185 Å². The number of ether oxygens (including phenoxy) is 1. The number of benzene rings is 3. The number of ketones is 3. The van der Waals surface area contributed by atoms with Gasteiger partial charge in [0.05, 0.1) is 5.57 Å². The Labute approximate surface area is 914 Å². The minimum absolute atomic E-state index is 0. The number of carbonyl (C=O) groups excluding carboxylic acids is 13. The molecule has 4 N–H and O–H groups in total. The molecule has 145 heavy (non-hydrogen) atoms. The molecular weight excluding hydrogens is 1910 g/mol. The molecular formula is C109H169ClN13Na2O19P. The monoisotopic (exact) mass is 2080 g/mol. The van der Waals surface area contributed by atoms with E-state index >= 15 is 0 Å². The van der Waals surface area contributed by atoms with Crippen LogP contribution in [0.1, 0.15) is 318 Å². The Kier molecular flexibility index (Phi) is 55.6. The number of allylic oxidation sites excluding steroid dienone is 1. The predicted octanol–water partition coefficient (Wildman–Crippen LogP) is 7.83. The SMILES string of the molecule is CCCCCC(=O)N1C(Cc2ccc(O)cc2)C(=O)N(C(C(=O)NCCCCCC(C)=O)C(C)CC)C12CCN(C)CC2.CCCCCC(=O)N1C(Cc2ccc(OC(=O)C3=CN(C)C=CC3)cc2)C(=O)N(C(C(=O)NCCCCCC(C)=O)C(C)CC)C12CCN(C)CC2.CCCCCC(=O)N1C(Cc2ccc(OP(=O)([O-])[O-])cc2)C(=O)N(C(C(=O)NCCCCCC(C)=O)C(C)CC)C12CCN(C)CC2.Cl.[Na+].[Na+]. The molecule has 798 valence electrons. The molecule has 0 aliphatic carbocycles. The van der Waals surface area contributed by atoms with E-state index in [0.717, 1.165) is 127 Å². The smallest absolute Gasteiger partial charge is 0.780 e. The Bertz CT molecular complexity index is 4760. The van der Waals surface area contributed by atoms with Gasteiger partial charge in [0.1, 0.15) is 95.7 Å². The van der Waals surface area contributed by atoms with Gasteiger partial charge in [-0.3, -0.25) is 43.2 Å². The molecule has 6 fully saturated rings. The minimum atomic E-state index is -5.23. The van der Waals surface area contributed by atoms with E-state index < -0.39 is 67.0 Å². The van der Waals surface area contributed by atoms with Gasteiger partial charge in [-0.15, -0.1) is 12.4 Å². The van der Waals surface area contributed by atoms with Crippen molar-refractivity contribution in [2.75, 3.05) is 87.1 Å². The molecule has 7 aliphatic rings. The van der Waals surface area contributed by atoms with E-state index in [4.69, 9.17) is 4.74 Å². The third-order valence-electron chi connectivity index (χ3n) is 29.8. The van der Waals surface area contributed by atoms with Gasteiger partial charge in [0.15, 0.2) is 0 Å². The Balaban J connectivity index is 0.000000381. The van der Waals surface area contributed by atoms with Crippen molar-refractivity contribution in [1.82, 2.24) is 64.9 Å². The molecule has 0 radical (unpaired) electrons. The van der Waals surface area contributed by atoms with Crippen LogP contribution in [-0.2, 0) is 86.2 Å². The molecule has 6 saturated heterocycles. The number of aromatic hydroxyl groups is 1. The summed E-state index contributed by atoms with van der Waals surface area (Å²) in [6, 6.07) is 15.3. The van der Waals surface area contributed by atoms with Gasteiger partial charge in [-0.25, -0.2) is 4.79 Å². The fraction of sp³-hybridized carbons (Fsp3) is 0.679. The van der Waals surface area contributed by atoms with E-state index in [2.05, 4.69) is 70.0 Å². The van der Waals surface area contributed by atoms with Crippen LogP contribution in [0, 0.1) is 17.8 Å². The number of nitrogens with one attached hydrogen (secondary N) is 3. The topological polar surface area (TPSA) is 392 Å². The van der Waals surface area contributed by atoms with Crippen LogP contribution in [0.3, 0.4) is 0 Å². The Morgan fingerprint density at radius 2 is 0.703 bits per heavy atom. The van der Waals surface area contributed by atoms with Crippen molar-refractivity contribution in [2.24, 2.45) is 17.8 Å². The van der Waals surface area contributed by atoms with Crippen molar-refractivity contribution in [2.45, 2.75) is 374 Å². The van der Waals surface area contributed by atoms with Crippen molar-refractivity contribution in [3.63, 3.8) is 0 Å². The van der Waals surface area contributed by atoms with E-state index in [-0.39, 0.29) is 184 Å². The number of phosphoric acid groups is 1. The second kappa shape index (κ2) is 63.0. The van der Waals surface area contributed by atoms with E-state index in [1.54, 1.807) is 85.3 Å². The number of hydrogen-bond donors (Lipinski definition) is 4. The number of likely N-dealkylation sites (tertiary alicyclic amines) is 3. The number of esters is 1. The average molecular weight is 2080 g/mol. The van der Waals surface area contributed by atoms with Crippen molar-refractivity contribution >= 4 is 96.7 Å². The van der Waals surface area contributed by atoms with E-state index in [1.807, 2.05) is 105 Å². The Morgan fingerprint density at radius 1 is 0.421 bits per heavy atom. The minimum Gasteiger partial charge on any atom is -0.780 e. The molecule has 9 amide bonds. The number of piperidine rings is 3. The third-order valence-corrected chi connectivity index (χ3v) is 30.3. The zero-order chi connectivity index (χ0) is 104. The number of amides is 9. The summed E-state index contributed by atoms with van der Waals surface area (Å²) in [4.78, 5) is 218. The number of nitrogens with zero attached hydrogens (tertiary/aromatic N) is 10. The normalized spacial score (nSPS) is 19.4. The van der Waals surface area contributed by atoms with Gasteiger partial charge < -0.3 is 108 Å². The van der Waals surface area contributed by atoms with Gasteiger partial charge in [-0.2, -0.15) is 0 Å². The number of rotatable bonds is 52. The zero-order valence-electron chi connectivity index (χ0n) is 90.5. The summed E-state index contributed by atoms with van der Waals surface area (Å²) in [6.45, 7) is 28.6. The summed E-state index contributed by atoms with van der Waals surface area (Å²) in [5, 5.41) is 19.2. The van der Waals surface area contributed by atoms with Gasteiger partial charge >= 0.3 is 65.1 Å². The molecule has 7 heterocycles. The van der Waals surface area contributed by atoms with Crippen molar-refractivity contribution in [3.05, 3.63) is 114 Å². The summed E-state index contributed by atoms with van der Waals surface area (Å²) >= 11 is 0. The number of phosphoric ester groups is 1. The second-order valence-corrected chi connectivity index (χ2v) is 42.1. The van der Waals surface area contributed by atoms with Crippen LogP contribution in [-0.4, -0.2) is 271 Å². The zero-order valence-corrected chi connectivity index (χ0v) is 96.2. The number of hydrogen-bond acceptors (Lipinski definition) is 23. The molecule has 0 bridgehead atoms. The first-order chi connectivity index (χ1) is 67.7. The molecule has 32 nitrogen and oxygen atoms in total. The van der Waals surface area contributed by atoms with Crippen molar-refractivity contribution in [1.29, 1.82) is 0 Å². The number of carbonyl (C=O) groups is 13. The molecule has 10 rings (SSSR count). The number of phenolic OH excluding ortho intramolecular Hbond substituents is 1. The quantitative estimate of drug-likeness (QED) is 0.0137. The fourth-order valence-corrected chi connectivity index (χ4v) is 21.6. The standard InChI is InChI=1S/C41H61N5O6.C34H55N4O8P.C34H54N4O5.ClH.2Na/c1-7-9-11-17-36(48)45-35(28-32-18-20-34(21-19-32)52-40(51)33-16-14-25-44(6)29-33)39(50)46(41(45)22-26-43(5)27-23-41)37(30(3)8-2)38(49)42-24-13-10-12-15-31(4)47;1-6-8-10-14-30(40)37-29(24-27-15-17-28(18-16-27)46-47(43,44)45)33(42)38(34(37)19-22-36(5)23-20-34)31(25(3)7-2)32(41)35-21-12-9-11-13-26(4)39;1-6-8-10-14-30(41)37-29(24-27-15-17-28(40)18-16-27)33(43)38(34(37)19-22-36(5)23-20-34)31(25(3)7-2)32(42)35-21-12-9-11-13-26(4)39;;;/h14,18-21,25,29-30,35,37H,7-13,15-17,22-24,26-28H2,1-6H3,(H,42,49);15-18,25,29,31H,6-14,19-24H2,1-5H3,(H,35,41)(H2,43,44,45);15-18,25,29,31,40H,6-14,19-24H2,1-5H3,(H,35,42);1H;;/q;;;;2*+1/p-2. The first-order valence-electron chi connectivity index (χ1n) is 53.0. The van der Waals surface area contributed by atoms with Crippen LogP contribution in [0.4, 0.5) is 0 Å². The predicted molar refractivity (Wildman–Crippen MR) is 552 cm³/mol. The first-order valence-corrected chi connectivity index (χ1v) is 54.5. The molecule has 9 unspecified atom stereocenters. The van der Waals surface area contributed by atoms with Crippen LogP contribution in [0.15, 0.2) is 96.8 Å². The van der Waals surface area contributed by atoms with Crippen LogP contribution < -0.4 is 94.1 Å². The Hall–Kier alpha value is -7.43. The van der Waals surface area contributed by atoms with Gasteiger partial charge in [0, 0.05) is 175 Å². The van der Waals surface area contributed by atoms with E-state index in [9.17, 15) is 81.8 Å². The summed E-state index contributed by atoms with van der Waals surface area (Å²) in [6.07, 6.45) is 29.7. The maximum atomic E-state index is 15.0. The molecule has 9 atom stereocenters. The number of halogens is 1. The van der Waals surface area contributed by atoms with Crippen LogP contribution in [0.25, 0.3) is 0 Å². The van der Waals surface area contributed by atoms with Crippen molar-refractivity contribution in [3.8, 4) is 17.2 Å².